The molecule has 0 radical (unpaired) electrons. The largest absolute Gasteiger partial charge is 0.389 e. The Kier molecular flexibility index (Phi) is 6.18. The van der Waals surface area contributed by atoms with Crippen LogP contribution in [0, 0.1) is 17.7 Å². The molecule has 0 spiro atoms. The van der Waals surface area contributed by atoms with Crippen molar-refractivity contribution in [2.45, 2.75) is 19.0 Å². The molecule has 0 heterocycles. The van der Waals surface area contributed by atoms with Crippen molar-refractivity contribution in [1.82, 2.24) is 5.32 Å². The first kappa shape index (κ1) is 17.0. The second-order valence-electron chi connectivity index (χ2n) is 4.13. The monoisotopic (exact) mass is 303 g/mol. The number of carbonyl (C=O) groups excluding carboxylic acids is 1. The molecular formula is C14H13F4NO2. The molecule has 1 rings (SSSR count). The Morgan fingerprint density at radius 1 is 1.33 bits per heavy atom. The van der Waals surface area contributed by atoms with Gasteiger partial charge in [-0.3, -0.25) is 4.79 Å². The summed E-state index contributed by atoms with van der Waals surface area (Å²) >= 11 is 0. The fraction of sp³-hybridized carbons (Fsp3) is 0.357. The maximum absolute atomic E-state index is 13.6. The smallest absolute Gasteiger partial charge is 0.384 e. The summed E-state index contributed by atoms with van der Waals surface area (Å²) in [6, 6.07) is 3.52. The van der Waals surface area contributed by atoms with Crippen LogP contribution < -0.4 is 5.32 Å². The maximum atomic E-state index is 13.6. The minimum Gasteiger partial charge on any atom is -0.384 e. The van der Waals surface area contributed by atoms with Crippen molar-refractivity contribution in [3.05, 3.63) is 35.1 Å². The van der Waals surface area contributed by atoms with E-state index in [1.165, 1.54) is 12.1 Å². The van der Waals surface area contributed by atoms with Gasteiger partial charge in [-0.25, -0.2) is 4.39 Å². The van der Waals surface area contributed by atoms with Crippen LogP contribution >= 0.6 is 0 Å². The fourth-order valence-corrected chi connectivity index (χ4v) is 1.49. The highest BCUT2D eigenvalue weighted by molar-refractivity contribution is 5.94. The number of benzene rings is 1. The SMILES string of the molecule is O=C(NCCCC(F)(F)F)c1ccc(C#CCO)c(F)c1. The van der Waals surface area contributed by atoms with Crippen LogP contribution in [0.5, 0.6) is 0 Å². The second-order valence-corrected chi connectivity index (χ2v) is 4.13. The van der Waals surface area contributed by atoms with E-state index in [9.17, 15) is 22.4 Å². The lowest BCUT2D eigenvalue weighted by Crippen LogP contribution is -2.25. The molecule has 1 aromatic rings. The van der Waals surface area contributed by atoms with Crippen molar-refractivity contribution in [3.63, 3.8) is 0 Å². The van der Waals surface area contributed by atoms with Crippen molar-refractivity contribution in [2.75, 3.05) is 13.2 Å². The number of amides is 1. The van der Waals surface area contributed by atoms with Gasteiger partial charge < -0.3 is 10.4 Å². The number of hydrogen-bond acceptors (Lipinski definition) is 2. The Morgan fingerprint density at radius 2 is 2.05 bits per heavy atom. The van der Waals surface area contributed by atoms with Crippen molar-refractivity contribution >= 4 is 5.91 Å². The summed E-state index contributed by atoms with van der Waals surface area (Å²) < 4.78 is 49.3. The van der Waals surface area contributed by atoms with Crippen molar-refractivity contribution < 1.29 is 27.5 Å². The molecule has 0 atom stereocenters. The van der Waals surface area contributed by atoms with E-state index in [0.29, 0.717) is 0 Å². The molecule has 114 valence electrons. The van der Waals surface area contributed by atoms with E-state index in [1.54, 1.807) is 0 Å². The fourth-order valence-electron chi connectivity index (χ4n) is 1.49. The third-order valence-corrected chi connectivity index (χ3v) is 2.46. The predicted octanol–water partition coefficient (Wildman–Crippen LogP) is 2.24. The molecular weight excluding hydrogens is 290 g/mol. The number of carbonyl (C=O) groups is 1. The third-order valence-electron chi connectivity index (χ3n) is 2.46. The molecule has 1 aromatic carbocycles. The van der Waals surface area contributed by atoms with Gasteiger partial charge in [-0.1, -0.05) is 11.8 Å². The topological polar surface area (TPSA) is 49.3 Å². The van der Waals surface area contributed by atoms with Crippen LogP contribution in [0.15, 0.2) is 18.2 Å². The zero-order valence-corrected chi connectivity index (χ0v) is 10.9. The molecule has 0 aliphatic rings. The van der Waals surface area contributed by atoms with E-state index in [0.717, 1.165) is 6.07 Å². The van der Waals surface area contributed by atoms with E-state index in [-0.39, 0.29) is 24.1 Å². The lowest BCUT2D eigenvalue weighted by atomic mass is 10.1. The summed E-state index contributed by atoms with van der Waals surface area (Å²) in [5, 5.41) is 10.8. The zero-order valence-electron chi connectivity index (χ0n) is 10.9. The van der Waals surface area contributed by atoms with Gasteiger partial charge in [0, 0.05) is 18.5 Å². The number of aliphatic hydroxyl groups excluding tert-OH is 1. The van der Waals surface area contributed by atoms with Gasteiger partial charge in [-0.2, -0.15) is 13.2 Å². The van der Waals surface area contributed by atoms with Gasteiger partial charge in [0.15, 0.2) is 0 Å². The molecule has 0 aliphatic heterocycles. The summed E-state index contributed by atoms with van der Waals surface area (Å²) in [5.74, 6) is 3.24. The van der Waals surface area contributed by atoms with Gasteiger partial charge in [0.2, 0.25) is 0 Å². The maximum Gasteiger partial charge on any atom is 0.389 e. The molecule has 0 aromatic heterocycles. The average molecular weight is 303 g/mol. The van der Waals surface area contributed by atoms with Crippen molar-refractivity contribution in [1.29, 1.82) is 0 Å². The summed E-state index contributed by atoms with van der Waals surface area (Å²) in [6.07, 6.45) is -5.49. The van der Waals surface area contributed by atoms with E-state index < -0.39 is 30.9 Å². The Bertz CT molecular complexity index is 558. The number of aliphatic hydroxyl groups is 1. The molecule has 21 heavy (non-hydrogen) atoms. The van der Waals surface area contributed by atoms with E-state index in [1.807, 2.05) is 0 Å². The van der Waals surface area contributed by atoms with Crippen molar-refractivity contribution in [2.24, 2.45) is 0 Å². The van der Waals surface area contributed by atoms with Gasteiger partial charge in [0.1, 0.15) is 12.4 Å². The molecule has 3 nitrogen and oxygen atoms in total. The highest BCUT2D eigenvalue weighted by Gasteiger charge is 2.26. The standard InChI is InChI=1S/C14H13F4NO2/c15-12-9-11(5-4-10(12)3-1-8-20)13(21)19-7-2-6-14(16,17)18/h4-5,9,20H,2,6-8H2,(H,19,21). The third kappa shape index (κ3) is 6.27. The van der Waals surface area contributed by atoms with Crippen LogP contribution in [-0.2, 0) is 0 Å². The Balaban J connectivity index is 2.57. The Morgan fingerprint density at radius 3 is 2.62 bits per heavy atom. The number of halogens is 4. The highest BCUT2D eigenvalue weighted by Crippen LogP contribution is 2.20. The lowest BCUT2D eigenvalue weighted by Gasteiger charge is -2.08. The van der Waals surface area contributed by atoms with E-state index >= 15 is 0 Å². The van der Waals surface area contributed by atoms with Crippen molar-refractivity contribution in [3.8, 4) is 11.8 Å². The molecule has 0 saturated heterocycles. The number of hydrogen-bond donors (Lipinski definition) is 2. The van der Waals surface area contributed by atoms with E-state index in [4.69, 9.17) is 5.11 Å². The molecule has 0 saturated carbocycles. The average Bonchev–Trinajstić information content (AvgIpc) is 2.41. The summed E-state index contributed by atoms with van der Waals surface area (Å²) in [5.41, 5.74) is 0.0201. The minimum absolute atomic E-state index is 0.00550. The summed E-state index contributed by atoms with van der Waals surface area (Å²) in [6.45, 7) is -0.563. The molecule has 7 heteroatoms. The molecule has 0 unspecified atom stereocenters. The second kappa shape index (κ2) is 7.64. The van der Waals surface area contributed by atoms with Crippen LogP contribution in [0.2, 0.25) is 0 Å². The molecule has 0 aliphatic carbocycles. The number of nitrogens with one attached hydrogen (secondary N) is 1. The Hall–Kier alpha value is -2.07. The minimum atomic E-state index is -4.26. The van der Waals surface area contributed by atoms with Gasteiger partial charge in [-0.05, 0) is 24.6 Å². The van der Waals surface area contributed by atoms with Gasteiger partial charge in [0.25, 0.3) is 5.91 Å². The van der Waals surface area contributed by atoms with Crippen LogP contribution in [0.25, 0.3) is 0 Å². The first-order chi connectivity index (χ1) is 9.83. The summed E-state index contributed by atoms with van der Waals surface area (Å²) in [7, 11) is 0. The first-order valence-electron chi connectivity index (χ1n) is 6.07. The molecule has 1 amide bonds. The quantitative estimate of drug-likeness (QED) is 0.509. The molecule has 0 fully saturated rings. The predicted molar refractivity (Wildman–Crippen MR) is 68.0 cm³/mol. The normalized spacial score (nSPS) is 10.7. The van der Waals surface area contributed by atoms with Gasteiger partial charge in [0.05, 0.1) is 5.56 Å². The van der Waals surface area contributed by atoms with E-state index in [2.05, 4.69) is 17.2 Å². The highest BCUT2D eigenvalue weighted by atomic mass is 19.4. The van der Waals surface area contributed by atoms with Crippen LogP contribution in [0.3, 0.4) is 0 Å². The molecule has 0 bridgehead atoms. The zero-order chi connectivity index (χ0) is 15.9. The lowest BCUT2D eigenvalue weighted by molar-refractivity contribution is -0.135. The van der Waals surface area contributed by atoms with Crippen LogP contribution in [0.1, 0.15) is 28.8 Å². The van der Waals surface area contributed by atoms with Gasteiger partial charge in [-0.15, -0.1) is 0 Å². The number of rotatable bonds is 4. The number of alkyl halides is 3. The Labute approximate surface area is 119 Å². The first-order valence-corrected chi connectivity index (χ1v) is 6.07. The molecule has 2 N–H and O–H groups in total. The van der Waals surface area contributed by atoms with Crippen LogP contribution in [-0.4, -0.2) is 30.3 Å². The summed E-state index contributed by atoms with van der Waals surface area (Å²) in [4.78, 5) is 11.6. The van der Waals surface area contributed by atoms with Gasteiger partial charge >= 0.3 is 6.18 Å². The van der Waals surface area contributed by atoms with Crippen LogP contribution in [0.4, 0.5) is 17.6 Å².